The SMILES string of the molecule is O=C(O)C=CC(C=CC(=O)O)(CO)C(C=CC(=O)OCC(CO)(CO)CO)(CO)CO. The third-order valence-electron chi connectivity index (χ3n) is 4.86. The molecule has 0 aliphatic carbocycles. The molecule has 0 aromatic heterocycles. The number of carbonyl (C=O) groups is 3. The van der Waals surface area contributed by atoms with E-state index in [-0.39, 0.29) is 0 Å². The Kier molecular flexibility index (Phi) is 11.9. The van der Waals surface area contributed by atoms with E-state index in [1.165, 1.54) is 0 Å². The molecule has 0 heterocycles. The van der Waals surface area contributed by atoms with Crippen LogP contribution in [0, 0.1) is 16.2 Å². The normalized spacial score (nSPS) is 14.9. The summed E-state index contributed by atoms with van der Waals surface area (Å²) >= 11 is 0. The molecular formula is C19H28O12. The van der Waals surface area contributed by atoms with Crippen LogP contribution in [-0.4, -0.2) is 105 Å². The van der Waals surface area contributed by atoms with Crippen LogP contribution < -0.4 is 0 Å². The predicted octanol–water partition coefficient (Wildman–Crippen LogP) is -2.72. The van der Waals surface area contributed by atoms with Crippen molar-refractivity contribution in [1.29, 1.82) is 0 Å². The Morgan fingerprint density at radius 3 is 1.42 bits per heavy atom. The topological polar surface area (TPSA) is 222 Å². The molecule has 0 fully saturated rings. The first-order valence-electron chi connectivity index (χ1n) is 8.91. The molecule has 0 spiro atoms. The van der Waals surface area contributed by atoms with E-state index in [4.69, 9.17) is 14.9 Å². The van der Waals surface area contributed by atoms with Crippen molar-refractivity contribution in [2.24, 2.45) is 16.2 Å². The molecule has 0 bridgehead atoms. The van der Waals surface area contributed by atoms with Crippen molar-refractivity contribution >= 4 is 17.9 Å². The Labute approximate surface area is 177 Å². The number of hydrogen-bond acceptors (Lipinski definition) is 10. The van der Waals surface area contributed by atoms with Gasteiger partial charge in [0.25, 0.3) is 0 Å². The zero-order valence-corrected chi connectivity index (χ0v) is 16.6. The fourth-order valence-electron chi connectivity index (χ4n) is 2.48. The van der Waals surface area contributed by atoms with Gasteiger partial charge in [0.15, 0.2) is 0 Å². The summed E-state index contributed by atoms with van der Waals surface area (Å²) in [4.78, 5) is 34.0. The maximum absolute atomic E-state index is 12.1. The molecule has 31 heavy (non-hydrogen) atoms. The lowest BCUT2D eigenvalue weighted by molar-refractivity contribution is -0.145. The van der Waals surface area contributed by atoms with Gasteiger partial charge >= 0.3 is 17.9 Å². The highest BCUT2D eigenvalue weighted by Crippen LogP contribution is 2.43. The number of hydrogen-bond donors (Lipinski definition) is 8. The number of carbonyl (C=O) groups excluding carboxylic acids is 1. The van der Waals surface area contributed by atoms with E-state index in [9.17, 15) is 45.0 Å². The third kappa shape index (κ3) is 7.54. The van der Waals surface area contributed by atoms with Crippen LogP contribution in [0.4, 0.5) is 0 Å². The van der Waals surface area contributed by atoms with Gasteiger partial charge in [-0.1, -0.05) is 18.2 Å². The number of aliphatic hydroxyl groups is 6. The number of aliphatic hydroxyl groups excluding tert-OH is 6. The van der Waals surface area contributed by atoms with Gasteiger partial charge in [-0.3, -0.25) is 0 Å². The van der Waals surface area contributed by atoms with Gasteiger partial charge in [-0.15, -0.1) is 0 Å². The fourth-order valence-corrected chi connectivity index (χ4v) is 2.48. The van der Waals surface area contributed by atoms with Crippen LogP contribution in [0.25, 0.3) is 0 Å². The quantitative estimate of drug-likeness (QED) is 0.0945. The van der Waals surface area contributed by atoms with Crippen LogP contribution in [0.2, 0.25) is 0 Å². The van der Waals surface area contributed by atoms with Crippen LogP contribution in [0.1, 0.15) is 0 Å². The Hall–Kier alpha value is -2.61. The van der Waals surface area contributed by atoms with E-state index >= 15 is 0 Å². The molecular weight excluding hydrogens is 420 g/mol. The van der Waals surface area contributed by atoms with E-state index in [0.717, 1.165) is 24.3 Å². The summed E-state index contributed by atoms with van der Waals surface area (Å²) in [6.45, 7) is -5.51. The molecule has 0 rings (SSSR count). The van der Waals surface area contributed by atoms with Gasteiger partial charge in [-0.25, -0.2) is 14.4 Å². The van der Waals surface area contributed by atoms with Crippen molar-refractivity contribution in [3.63, 3.8) is 0 Å². The summed E-state index contributed by atoms with van der Waals surface area (Å²) in [6, 6.07) is 0. The number of esters is 1. The van der Waals surface area contributed by atoms with Gasteiger partial charge in [0.2, 0.25) is 0 Å². The second kappa shape index (κ2) is 12.9. The van der Waals surface area contributed by atoms with Crippen LogP contribution in [0.15, 0.2) is 36.5 Å². The van der Waals surface area contributed by atoms with E-state index in [2.05, 4.69) is 0 Å². The monoisotopic (exact) mass is 448 g/mol. The van der Waals surface area contributed by atoms with Crippen molar-refractivity contribution in [2.45, 2.75) is 0 Å². The molecule has 0 saturated carbocycles. The molecule has 0 aromatic carbocycles. The molecule has 0 aliphatic heterocycles. The molecule has 12 heteroatoms. The number of carboxylic acid groups (broad SMARTS) is 2. The Balaban J connectivity index is 6.09. The minimum atomic E-state index is -1.95. The van der Waals surface area contributed by atoms with Gasteiger partial charge in [0, 0.05) is 29.1 Å². The van der Waals surface area contributed by atoms with Crippen molar-refractivity contribution in [3.05, 3.63) is 36.5 Å². The number of rotatable bonds is 15. The molecule has 0 radical (unpaired) electrons. The van der Waals surface area contributed by atoms with Gasteiger partial charge in [-0.2, -0.15) is 0 Å². The van der Waals surface area contributed by atoms with Crippen molar-refractivity contribution in [2.75, 3.05) is 46.2 Å². The van der Waals surface area contributed by atoms with Gasteiger partial charge in [0.05, 0.1) is 45.1 Å². The molecule has 0 saturated heterocycles. The largest absolute Gasteiger partial charge is 0.478 e. The molecule has 176 valence electrons. The first-order chi connectivity index (χ1) is 14.5. The van der Waals surface area contributed by atoms with E-state index in [1.807, 2.05) is 0 Å². The van der Waals surface area contributed by atoms with Gasteiger partial charge < -0.3 is 45.6 Å². The summed E-state index contributed by atoms with van der Waals surface area (Å²) in [6.07, 6.45) is 4.54. The number of aliphatic carboxylic acids is 2. The summed E-state index contributed by atoms with van der Waals surface area (Å²) in [5, 5.41) is 75.3. The summed E-state index contributed by atoms with van der Waals surface area (Å²) in [7, 11) is 0. The molecule has 0 amide bonds. The molecule has 0 atom stereocenters. The second-order valence-electron chi connectivity index (χ2n) is 6.93. The minimum absolute atomic E-state index is 0.575. The lowest BCUT2D eigenvalue weighted by Crippen LogP contribution is -2.47. The Bertz CT molecular complexity index is 654. The van der Waals surface area contributed by atoms with Crippen molar-refractivity contribution in [3.8, 4) is 0 Å². The standard InChI is InChI=1S/C19H28O12/c20-7-17(8-21,9-22)13-31-16(30)3-6-19(11-24,12-25)18(10-23,4-1-14(26)27)5-2-15(28)29/h1-6,20-25H,7-13H2,(H,26,27)(H,28,29). The maximum Gasteiger partial charge on any atom is 0.330 e. The first-order valence-corrected chi connectivity index (χ1v) is 8.91. The molecule has 8 N–H and O–H groups in total. The highest BCUT2D eigenvalue weighted by molar-refractivity contribution is 5.83. The van der Waals surface area contributed by atoms with Crippen molar-refractivity contribution in [1.82, 2.24) is 0 Å². The number of carboxylic acids is 2. The smallest absolute Gasteiger partial charge is 0.330 e. The lowest BCUT2D eigenvalue weighted by Gasteiger charge is -2.42. The third-order valence-corrected chi connectivity index (χ3v) is 4.86. The van der Waals surface area contributed by atoms with Crippen LogP contribution in [0.3, 0.4) is 0 Å². The lowest BCUT2D eigenvalue weighted by atomic mass is 9.63. The average molecular weight is 448 g/mol. The summed E-state index contributed by atoms with van der Waals surface area (Å²) < 4.78 is 4.85. The molecule has 0 aromatic rings. The highest BCUT2D eigenvalue weighted by atomic mass is 16.5. The second-order valence-corrected chi connectivity index (χ2v) is 6.93. The van der Waals surface area contributed by atoms with Gasteiger partial charge in [-0.05, 0) is 0 Å². The maximum atomic E-state index is 12.1. The van der Waals surface area contributed by atoms with Crippen LogP contribution in [-0.2, 0) is 19.1 Å². The van der Waals surface area contributed by atoms with Gasteiger partial charge in [0.1, 0.15) is 6.61 Å². The Morgan fingerprint density at radius 2 is 1.10 bits per heavy atom. The van der Waals surface area contributed by atoms with E-state index in [0.29, 0.717) is 12.2 Å². The zero-order chi connectivity index (χ0) is 24.1. The van der Waals surface area contributed by atoms with E-state index in [1.54, 1.807) is 0 Å². The molecule has 0 unspecified atom stereocenters. The molecule has 0 aliphatic rings. The fraction of sp³-hybridized carbons (Fsp3) is 0.526. The highest BCUT2D eigenvalue weighted by Gasteiger charge is 2.46. The zero-order valence-electron chi connectivity index (χ0n) is 16.6. The van der Waals surface area contributed by atoms with E-state index < -0.39 is 80.4 Å². The predicted molar refractivity (Wildman–Crippen MR) is 103 cm³/mol. The summed E-state index contributed by atoms with van der Waals surface area (Å²) in [5.74, 6) is -3.99. The first kappa shape index (κ1) is 28.4. The molecule has 12 nitrogen and oxygen atoms in total. The van der Waals surface area contributed by atoms with Crippen molar-refractivity contribution < 1.29 is 60.0 Å². The summed E-state index contributed by atoms with van der Waals surface area (Å²) in [5.41, 5.74) is -5.40. The average Bonchev–Trinajstić information content (AvgIpc) is 2.77. The van der Waals surface area contributed by atoms with Crippen LogP contribution >= 0.6 is 0 Å². The number of ether oxygens (including phenoxy) is 1. The van der Waals surface area contributed by atoms with Crippen LogP contribution in [0.5, 0.6) is 0 Å². The Morgan fingerprint density at radius 1 is 0.645 bits per heavy atom. The minimum Gasteiger partial charge on any atom is -0.478 e.